The molecule has 1 aliphatic carbocycles. The lowest BCUT2D eigenvalue weighted by Crippen LogP contribution is -2.47. The number of nitrogens with one attached hydrogen (secondary N) is 1. The summed E-state index contributed by atoms with van der Waals surface area (Å²) in [5.74, 6) is -4.33. The zero-order chi connectivity index (χ0) is 30.7. The largest absolute Gasteiger partial charge is 0.504 e. The highest BCUT2D eigenvalue weighted by molar-refractivity contribution is 6.02. The normalized spacial score (nSPS) is 15.9. The lowest BCUT2D eigenvalue weighted by atomic mass is 9.84. The Morgan fingerprint density at radius 1 is 1.09 bits per heavy atom. The first kappa shape index (κ1) is 29.5. The molecule has 2 aromatic carbocycles. The molecule has 43 heavy (non-hydrogen) atoms. The zero-order valence-electron chi connectivity index (χ0n) is 23.7. The highest BCUT2D eigenvalue weighted by Crippen LogP contribution is 2.40. The number of carbonyl (C=O) groups excluding carboxylic acids is 1. The first-order chi connectivity index (χ1) is 20.6. The maximum absolute atomic E-state index is 15.6. The number of halogens is 2. The molecule has 1 fully saturated rings. The number of rotatable bonds is 9. The number of benzene rings is 2. The molecule has 0 saturated heterocycles. The SMILES string of the molecule is COC(=O)C1(Oc2ccc(Oc3c(F)cnc(Oc4cc(C(=N)N)ccc4O)c3F)c(C3=NCCN3C)c2)CCCCC1. The second-order valence-electron chi connectivity index (χ2n) is 10.3. The minimum absolute atomic E-state index is 0.0620. The molecule has 0 spiro atoms. The van der Waals surface area contributed by atoms with Crippen LogP contribution in [0.3, 0.4) is 0 Å². The molecule has 0 radical (unpaired) electrons. The van der Waals surface area contributed by atoms with Crippen LogP contribution in [-0.4, -0.2) is 65.5 Å². The molecule has 0 atom stereocenters. The third-order valence-corrected chi connectivity index (χ3v) is 7.37. The Hall–Kier alpha value is -4.94. The van der Waals surface area contributed by atoms with E-state index in [2.05, 4.69) is 9.98 Å². The number of nitrogen functional groups attached to an aromatic ring is 1. The van der Waals surface area contributed by atoms with Crippen molar-refractivity contribution in [1.29, 1.82) is 5.41 Å². The summed E-state index contributed by atoms with van der Waals surface area (Å²) >= 11 is 0. The van der Waals surface area contributed by atoms with E-state index in [-0.39, 0.29) is 28.6 Å². The number of ether oxygens (including phenoxy) is 4. The van der Waals surface area contributed by atoms with Crippen molar-refractivity contribution in [2.45, 2.75) is 37.7 Å². The first-order valence-electron chi connectivity index (χ1n) is 13.7. The van der Waals surface area contributed by atoms with Gasteiger partial charge in [0.1, 0.15) is 23.2 Å². The smallest absolute Gasteiger partial charge is 0.350 e. The fraction of sp³-hybridized carbons (Fsp3) is 0.333. The molecule has 2 aliphatic rings. The van der Waals surface area contributed by atoms with Gasteiger partial charge in [0.2, 0.25) is 17.2 Å². The van der Waals surface area contributed by atoms with Crippen LogP contribution in [0.25, 0.3) is 0 Å². The summed E-state index contributed by atoms with van der Waals surface area (Å²) in [7, 11) is 3.14. The van der Waals surface area contributed by atoms with Crippen molar-refractivity contribution < 1.29 is 37.6 Å². The van der Waals surface area contributed by atoms with E-state index in [1.54, 1.807) is 12.1 Å². The Labute approximate surface area is 246 Å². The maximum atomic E-state index is 15.6. The van der Waals surface area contributed by atoms with Gasteiger partial charge in [-0.25, -0.2) is 14.2 Å². The fourth-order valence-corrected chi connectivity index (χ4v) is 5.12. The van der Waals surface area contributed by atoms with Crippen LogP contribution in [0.5, 0.6) is 34.6 Å². The van der Waals surface area contributed by atoms with Gasteiger partial charge >= 0.3 is 5.97 Å². The highest BCUT2D eigenvalue weighted by atomic mass is 19.1. The molecule has 1 saturated carbocycles. The van der Waals surface area contributed by atoms with E-state index >= 15 is 4.39 Å². The maximum Gasteiger partial charge on any atom is 0.350 e. The van der Waals surface area contributed by atoms with E-state index in [1.807, 2.05) is 11.9 Å². The van der Waals surface area contributed by atoms with Gasteiger partial charge in [-0.15, -0.1) is 0 Å². The summed E-state index contributed by atoms with van der Waals surface area (Å²) in [6.07, 6.45) is 4.31. The average molecular weight is 596 g/mol. The Bertz CT molecular complexity index is 1590. The van der Waals surface area contributed by atoms with Crippen molar-refractivity contribution >= 4 is 17.6 Å². The summed E-state index contributed by atoms with van der Waals surface area (Å²) in [4.78, 5) is 22.8. The standard InChI is InChI=1S/C30H31F2N5O6/c1-37-13-12-35-27(37)19-15-18(43-30(29(39)40-2)10-4-3-5-11-30)7-9-22(19)41-25-20(31)16-36-28(24(25)32)42-23-14-17(26(33)34)6-8-21(23)38/h6-9,14-16,38H,3-5,10-13H2,1-2H3,(H3,33,34). The monoisotopic (exact) mass is 595 g/mol. The number of pyridine rings is 1. The highest BCUT2D eigenvalue weighted by Gasteiger charge is 2.43. The van der Waals surface area contributed by atoms with Gasteiger partial charge in [0.05, 0.1) is 25.4 Å². The van der Waals surface area contributed by atoms with Gasteiger partial charge in [0.25, 0.3) is 5.88 Å². The van der Waals surface area contributed by atoms with Crippen molar-refractivity contribution in [3.63, 3.8) is 0 Å². The molecule has 13 heteroatoms. The lowest BCUT2D eigenvalue weighted by Gasteiger charge is -2.35. The first-order valence-corrected chi connectivity index (χ1v) is 13.7. The molecule has 0 unspecified atom stereocenters. The number of hydrogen-bond donors (Lipinski definition) is 3. The summed E-state index contributed by atoms with van der Waals surface area (Å²) in [5.41, 5.74) is 4.95. The molecule has 1 aromatic heterocycles. The van der Waals surface area contributed by atoms with E-state index in [0.717, 1.165) is 25.5 Å². The van der Waals surface area contributed by atoms with Gasteiger partial charge in [-0.3, -0.25) is 10.4 Å². The van der Waals surface area contributed by atoms with Crippen molar-refractivity contribution in [1.82, 2.24) is 9.88 Å². The molecular formula is C30H31F2N5O6. The second-order valence-corrected chi connectivity index (χ2v) is 10.3. The van der Waals surface area contributed by atoms with Crippen LogP contribution in [0.4, 0.5) is 8.78 Å². The van der Waals surface area contributed by atoms with Gasteiger partial charge in [-0.05, 0) is 62.1 Å². The van der Waals surface area contributed by atoms with E-state index in [0.29, 0.717) is 43.1 Å². The third kappa shape index (κ3) is 6.01. The summed E-state index contributed by atoms with van der Waals surface area (Å²) in [6, 6.07) is 8.47. The Morgan fingerprint density at radius 2 is 1.86 bits per heavy atom. The van der Waals surface area contributed by atoms with E-state index < -0.39 is 34.8 Å². The quantitative estimate of drug-likeness (QED) is 0.178. The number of aromatic nitrogens is 1. The van der Waals surface area contributed by atoms with Crippen LogP contribution in [0.15, 0.2) is 47.6 Å². The van der Waals surface area contributed by atoms with Crippen LogP contribution < -0.4 is 19.9 Å². The number of carbonyl (C=O) groups is 1. The van der Waals surface area contributed by atoms with Crippen LogP contribution in [-0.2, 0) is 9.53 Å². The molecule has 11 nitrogen and oxygen atoms in total. The molecule has 0 bridgehead atoms. The van der Waals surface area contributed by atoms with Crippen molar-refractivity contribution in [2.24, 2.45) is 10.7 Å². The number of esters is 1. The number of aromatic hydroxyl groups is 1. The Morgan fingerprint density at radius 3 is 2.53 bits per heavy atom. The summed E-state index contributed by atoms with van der Waals surface area (Å²) in [6.45, 7) is 1.12. The number of amidine groups is 2. The van der Waals surface area contributed by atoms with Crippen LogP contribution in [0, 0.1) is 17.0 Å². The fourth-order valence-electron chi connectivity index (χ4n) is 5.12. The average Bonchev–Trinajstić information content (AvgIpc) is 3.43. The van der Waals surface area contributed by atoms with Crippen LogP contribution in [0.1, 0.15) is 43.2 Å². The molecule has 5 rings (SSSR count). The molecule has 4 N–H and O–H groups in total. The van der Waals surface area contributed by atoms with E-state index in [1.165, 1.54) is 31.4 Å². The number of methoxy groups -OCH3 is 1. The molecular weight excluding hydrogens is 564 g/mol. The predicted octanol–water partition coefficient (Wildman–Crippen LogP) is 4.88. The second kappa shape index (κ2) is 12.1. The van der Waals surface area contributed by atoms with E-state index in [4.69, 9.17) is 30.1 Å². The molecule has 1 aliphatic heterocycles. The lowest BCUT2D eigenvalue weighted by molar-refractivity contribution is -0.162. The molecule has 226 valence electrons. The predicted molar refractivity (Wildman–Crippen MR) is 152 cm³/mol. The Kier molecular flexibility index (Phi) is 8.33. The van der Waals surface area contributed by atoms with Gasteiger partial charge < -0.3 is 34.7 Å². The molecule has 0 amide bonds. The number of nitrogens with zero attached hydrogens (tertiary/aromatic N) is 3. The number of hydrogen-bond acceptors (Lipinski definition) is 10. The van der Waals surface area contributed by atoms with Gasteiger partial charge in [0.15, 0.2) is 17.3 Å². The molecule has 2 heterocycles. The minimum atomic E-state index is -1.27. The third-order valence-electron chi connectivity index (χ3n) is 7.37. The van der Waals surface area contributed by atoms with E-state index in [9.17, 15) is 14.3 Å². The number of phenols is 1. The van der Waals surface area contributed by atoms with Gasteiger partial charge in [-0.1, -0.05) is 6.42 Å². The van der Waals surface area contributed by atoms with Gasteiger partial charge in [0, 0.05) is 19.2 Å². The van der Waals surface area contributed by atoms with Crippen molar-refractivity contribution in [3.8, 4) is 34.6 Å². The zero-order valence-corrected chi connectivity index (χ0v) is 23.7. The van der Waals surface area contributed by atoms with Gasteiger partial charge in [-0.2, -0.15) is 4.39 Å². The Balaban J connectivity index is 1.50. The van der Waals surface area contributed by atoms with Crippen LogP contribution in [0.2, 0.25) is 0 Å². The van der Waals surface area contributed by atoms with Crippen LogP contribution >= 0.6 is 0 Å². The topological polar surface area (TPSA) is 153 Å². The number of aliphatic imine (C=N–C) groups is 1. The number of likely N-dealkylation sites (N-methyl/N-ethyl adjacent to an activating group) is 1. The summed E-state index contributed by atoms with van der Waals surface area (Å²) < 4.78 is 53.2. The number of phenolic OH excluding ortho intramolecular Hbond substituents is 1. The minimum Gasteiger partial charge on any atom is -0.504 e. The van der Waals surface area contributed by atoms with Crippen molar-refractivity contribution in [2.75, 3.05) is 27.2 Å². The molecule has 3 aromatic rings. The van der Waals surface area contributed by atoms with Crippen molar-refractivity contribution in [3.05, 3.63) is 65.4 Å². The number of nitrogens with two attached hydrogens (primary N) is 1. The summed E-state index contributed by atoms with van der Waals surface area (Å²) in [5, 5.41) is 17.8.